The zero-order valence-corrected chi connectivity index (χ0v) is 11.8. The third-order valence-corrected chi connectivity index (χ3v) is 3.87. The molecule has 1 aliphatic heterocycles. The smallest absolute Gasteiger partial charge is 0.122 e. The van der Waals surface area contributed by atoms with Crippen LogP contribution in [-0.2, 0) is 0 Å². The summed E-state index contributed by atoms with van der Waals surface area (Å²) in [5.41, 5.74) is 6.45. The summed E-state index contributed by atoms with van der Waals surface area (Å²) in [4.78, 5) is 2.48. The molecule has 0 aliphatic carbocycles. The standard InChI is InChI=1S/C15H23N3O/c1-15(2)8-3-9-18(15)10-11-19-13-6-4-12(5-7-13)14(16)17/h4-7H,3,8-11H2,1-2H3,(H3,16,17). The molecule has 4 nitrogen and oxygen atoms in total. The number of ether oxygens (including phenoxy) is 1. The fourth-order valence-electron chi connectivity index (χ4n) is 2.58. The Morgan fingerprint density at radius 3 is 2.58 bits per heavy atom. The number of nitrogen functional groups attached to an aromatic ring is 1. The van der Waals surface area contributed by atoms with Crippen molar-refractivity contribution in [1.29, 1.82) is 5.41 Å². The summed E-state index contributed by atoms with van der Waals surface area (Å²) in [6.07, 6.45) is 2.54. The van der Waals surface area contributed by atoms with E-state index < -0.39 is 0 Å². The number of nitrogens with one attached hydrogen (secondary N) is 1. The topological polar surface area (TPSA) is 62.3 Å². The van der Waals surface area contributed by atoms with E-state index >= 15 is 0 Å². The molecular weight excluding hydrogens is 238 g/mol. The normalized spacial score (nSPS) is 18.4. The maximum absolute atomic E-state index is 7.33. The van der Waals surface area contributed by atoms with E-state index in [-0.39, 0.29) is 5.84 Å². The maximum atomic E-state index is 7.33. The lowest BCUT2D eigenvalue weighted by atomic mass is 10.0. The molecule has 1 aromatic carbocycles. The third kappa shape index (κ3) is 3.47. The van der Waals surface area contributed by atoms with E-state index in [9.17, 15) is 0 Å². The van der Waals surface area contributed by atoms with Crippen molar-refractivity contribution >= 4 is 5.84 Å². The highest BCUT2D eigenvalue weighted by Gasteiger charge is 2.31. The van der Waals surface area contributed by atoms with Gasteiger partial charge in [-0.1, -0.05) is 0 Å². The minimum absolute atomic E-state index is 0.0883. The van der Waals surface area contributed by atoms with Gasteiger partial charge in [-0.25, -0.2) is 0 Å². The Morgan fingerprint density at radius 2 is 2.05 bits per heavy atom. The van der Waals surface area contributed by atoms with Gasteiger partial charge in [0.05, 0.1) is 0 Å². The Kier molecular flexibility index (Phi) is 4.10. The van der Waals surface area contributed by atoms with Crippen LogP contribution in [0.4, 0.5) is 0 Å². The van der Waals surface area contributed by atoms with Crippen LogP contribution < -0.4 is 10.5 Å². The molecule has 2 rings (SSSR count). The molecule has 1 saturated heterocycles. The molecular formula is C15H23N3O. The second-order valence-corrected chi connectivity index (χ2v) is 5.69. The highest BCUT2D eigenvalue weighted by molar-refractivity contribution is 5.94. The second kappa shape index (κ2) is 5.61. The molecule has 104 valence electrons. The molecule has 0 radical (unpaired) electrons. The monoisotopic (exact) mass is 261 g/mol. The number of likely N-dealkylation sites (tertiary alicyclic amines) is 1. The van der Waals surface area contributed by atoms with Crippen molar-refractivity contribution in [1.82, 2.24) is 4.90 Å². The van der Waals surface area contributed by atoms with E-state index in [2.05, 4.69) is 18.7 Å². The van der Waals surface area contributed by atoms with E-state index in [1.165, 1.54) is 19.4 Å². The zero-order valence-electron chi connectivity index (χ0n) is 11.8. The van der Waals surface area contributed by atoms with Crippen LogP contribution >= 0.6 is 0 Å². The van der Waals surface area contributed by atoms with Gasteiger partial charge in [-0.05, 0) is 57.5 Å². The first kappa shape index (κ1) is 13.9. The molecule has 1 aromatic rings. The molecule has 0 spiro atoms. The van der Waals surface area contributed by atoms with Crippen molar-refractivity contribution in [2.75, 3.05) is 19.7 Å². The Labute approximate surface area is 115 Å². The molecule has 0 aromatic heterocycles. The number of nitrogens with two attached hydrogens (primary N) is 1. The van der Waals surface area contributed by atoms with Gasteiger partial charge in [-0.3, -0.25) is 10.3 Å². The number of benzene rings is 1. The molecule has 0 unspecified atom stereocenters. The first-order valence-electron chi connectivity index (χ1n) is 6.81. The lowest BCUT2D eigenvalue weighted by Gasteiger charge is -2.31. The van der Waals surface area contributed by atoms with E-state index in [0.29, 0.717) is 12.1 Å². The van der Waals surface area contributed by atoms with Crippen molar-refractivity contribution in [3.8, 4) is 5.75 Å². The van der Waals surface area contributed by atoms with E-state index in [0.717, 1.165) is 17.9 Å². The van der Waals surface area contributed by atoms with Gasteiger partial charge < -0.3 is 10.5 Å². The molecule has 3 N–H and O–H groups in total. The van der Waals surface area contributed by atoms with Crippen LogP contribution in [0, 0.1) is 5.41 Å². The zero-order chi connectivity index (χ0) is 13.9. The summed E-state index contributed by atoms with van der Waals surface area (Å²) < 4.78 is 5.74. The summed E-state index contributed by atoms with van der Waals surface area (Å²) in [6, 6.07) is 7.37. The number of hydrogen-bond donors (Lipinski definition) is 2. The Balaban J connectivity index is 1.81. The number of amidine groups is 1. The van der Waals surface area contributed by atoms with Crippen molar-refractivity contribution < 1.29 is 4.74 Å². The SMILES string of the molecule is CC1(C)CCCN1CCOc1ccc(C(=N)N)cc1. The molecule has 19 heavy (non-hydrogen) atoms. The fraction of sp³-hybridized carbons (Fsp3) is 0.533. The van der Waals surface area contributed by atoms with Crippen LogP contribution in [-0.4, -0.2) is 36.0 Å². The third-order valence-electron chi connectivity index (χ3n) is 3.87. The van der Waals surface area contributed by atoms with Gasteiger partial charge in [0, 0.05) is 17.6 Å². The van der Waals surface area contributed by atoms with Crippen LogP contribution in [0.3, 0.4) is 0 Å². The van der Waals surface area contributed by atoms with Crippen molar-refractivity contribution in [3.63, 3.8) is 0 Å². The highest BCUT2D eigenvalue weighted by atomic mass is 16.5. The largest absolute Gasteiger partial charge is 0.492 e. The Bertz CT molecular complexity index is 439. The summed E-state index contributed by atoms with van der Waals surface area (Å²) in [5, 5.41) is 7.33. The van der Waals surface area contributed by atoms with Gasteiger partial charge in [0.2, 0.25) is 0 Å². The van der Waals surface area contributed by atoms with Gasteiger partial charge in [0.25, 0.3) is 0 Å². The van der Waals surface area contributed by atoms with Crippen LogP contribution in [0.5, 0.6) is 5.75 Å². The predicted molar refractivity (Wildman–Crippen MR) is 77.8 cm³/mol. The molecule has 0 bridgehead atoms. The van der Waals surface area contributed by atoms with Crippen LogP contribution in [0.15, 0.2) is 24.3 Å². The minimum atomic E-state index is 0.0883. The Hall–Kier alpha value is -1.55. The molecule has 1 fully saturated rings. The van der Waals surface area contributed by atoms with Crippen LogP contribution in [0.25, 0.3) is 0 Å². The van der Waals surface area contributed by atoms with Gasteiger partial charge in [0.1, 0.15) is 18.2 Å². The average molecular weight is 261 g/mol. The summed E-state index contributed by atoms with van der Waals surface area (Å²) in [7, 11) is 0. The first-order valence-corrected chi connectivity index (χ1v) is 6.81. The second-order valence-electron chi connectivity index (χ2n) is 5.69. The lowest BCUT2D eigenvalue weighted by molar-refractivity contribution is 0.143. The van der Waals surface area contributed by atoms with Gasteiger partial charge >= 0.3 is 0 Å². The van der Waals surface area contributed by atoms with Crippen molar-refractivity contribution in [3.05, 3.63) is 29.8 Å². The molecule has 0 saturated carbocycles. The average Bonchev–Trinajstić information content (AvgIpc) is 2.69. The van der Waals surface area contributed by atoms with Crippen molar-refractivity contribution in [2.24, 2.45) is 5.73 Å². The maximum Gasteiger partial charge on any atom is 0.122 e. The quantitative estimate of drug-likeness (QED) is 0.631. The molecule has 0 amide bonds. The van der Waals surface area contributed by atoms with E-state index in [1.807, 2.05) is 24.3 Å². The Morgan fingerprint density at radius 1 is 1.37 bits per heavy atom. The summed E-state index contributed by atoms with van der Waals surface area (Å²) >= 11 is 0. The van der Waals surface area contributed by atoms with Crippen molar-refractivity contribution in [2.45, 2.75) is 32.2 Å². The van der Waals surface area contributed by atoms with Crippen LogP contribution in [0.1, 0.15) is 32.3 Å². The first-order chi connectivity index (χ1) is 8.99. The fourth-order valence-corrected chi connectivity index (χ4v) is 2.58. The van der Waals surface area contributed by atoms with E-state index in [4.69, 9.17) is 15.9 Å². The molecule has 0 atom stereocenters. The van der Waals surface area contributed by atoms with Crippen LogP contribution in [0.2, 0.25) is 0 Å². The van der Waals surface area contributed by atoms with Gasteiger partial charge in [-0.2, -0.15) is 0 Å². The molecule has 1 heterocycles. The highest BCUT2D eigenvalue weighted by Crippen LogP contribution is 2.27. The number of rotatable bonds is 5. The summed E-state index contributed by atoms with van der Waals surface area (Å²) in [6.45, 7) is 7.41. The van der Waals surface area contributed by atoms with Gasteiger partial charge in [0.15, 0.2) is 0 Å². The molecule has 1 aliphatic rings. The minimum Gasteiger partial charge on any atom is -0.492 e. The van der Waals surface area contributed by atoms with E-state index in [1.54, 1.807) is 0 Å². The number of hydrogen-bond acceptors (Lipinski definition) is 3. The lowest BCUT2D eigenvalue weighted by Crippen LogP contribution is -2.40. The molecule has 4 heteroatoms. The summed E-state index contributed by atoms with van der Waals surface area (Å²) in [5.74, 6) is 0.923. The predicted octanol–water partition coefficient (Wildman–Crippen LogP) is 2.22. The number of nitrogens with zero attached hydrogens (tertiary/aromatic N) is 1. The van der Waals surface area contributed by atoms with Gasteiger partial charge in [-0.15, -0.1) is 0 Å².